The molecule has 0 bridgehead atoms. The van der Waals surface area contributed by atoms with Crippen molar-refractivity contribution in [1.29, 1.82) is 0 Å². The van der Waals surface area contributed by atoms with Crippen LogP contribution in [0.15, 0.2) is 34.1 Å². The van der Waals surface area contributed by atoms with Gasteiger partial charge in [-0.1, -0.05) is 34.1 Å². The van der Waals surface area contributed by atoms with Crippen LogP contribution in [0.25, 0.3) is 0 Å². The molecule has 0 aliphatic carbocycles. The van der Waals surface area contributed by atoms with E-state index < -0.39 is 6.10 Å². The third-order valence-corrected chi connectivity index (χ3v) is 4.01. The number of aliphatic hydroxyl groups is 1. The van der Waals surface area contributed by atoms with E-state index in [0.717, 1.165) is 20.7 Å². The lowest BCUT2D eigenvalue weighted by Gasteiger charge is -2.10. The maximum absolute atomic E-state index is 10.1. The maximum Gasteiger partial charge on any atom is 0.0957 e. The van der Waals surface area contributed by atoms with Crippen molar-refractivity contribution in [3.8, 4) is 0 Å². The Bertz CT molecular complexity index is 483. The summed E-state index contributed by atoms with van der Waals surface area (Å²) >= 11 is 5.03. The highest BCUT2D eigenvalue weighted by Crippen LogP contribution is 2.26. The van der Waals surface area contributed by atoms with Gasteiger partial charge in [-0.25, -0.2) is 4.98 Å². The largest absolute Gasteiger partial charge is 0.388 e. The molecule has 0 fully saturated rings. The lowest BCUT2D eigenvalue weighted by molar-refractivity contribution is 0.177. The number of aliphatic hydroxyl groups excluding tert-OH is 1. The summed E-state index contributed by atoms with van der Waals surface area (Å²) in [6, 6.07) is 7.73. The first-order chi connectivity index (χ1) is 7.66. The van der Waals surface area contributed by atoms with E-state index in [2.05, 4.69) is 20.9 Å². The van der Waals surface area contributed by atoms with Crippen LogP contribution in [0.1, 0.15) is 22.4 Å². The molecule has 0 spiro atoms. The summed E-state index contributed by atoms with van der Waals surface area (Å²) in [5.74, 6) is 0. The smallest absolute Gasteiger partial charge is 0.0957 e. The van der Waals surface area contributed by atoms with Gasteiger partial charge in [-0.05, 0) is 18.6 Å². The van der Waals surface area contributed by atoms with Crippen molar-refractivity contribution in [3.63, 3.8) is 0 Å². The fourth-order valence-corrected chi connectivity index (χ4v) is 2.88. The third-order valence-electron chi connectivity index (χ3n) is 2.30. The molecule has 4 heteroatoms. The summed E-state index contributed by atoms with van der Waals surface area (Å²) in [7, 11) is 0. The number of hydrogen-bond donors (Lipinski definition) is 1. The van der Waals surface area contributed by atoms with E-state index >= 15 is 0 Å². The molecule has 0 aliphatic rings. The number of aryl methyl sites for hydroxylation is 1. The number of aromatic nitrogens is 1. The van der Waals surface area contributed by atoms with Crippen LogP contribution in [0, 0.1) is 6.92 Å². The second kappa shape index (κ2) is 5.08. The summed E-state index contributed by atoms with van der Waals surface area (Å²) < 4.78 is 0.941. The zero-order chi connectivity index (χ0) is 11.5. The van der Waals surface area contributed by atoms with E-state index in [0.29, 0.717) is 6.42 Å². The number of thiazole rings is 1. The summed E-state index contributed by atoms with van der Waals surface area (Å²) in [6.07, 6.45) is 0.0716. The van der Waals surface area contributed by atoms with E-state index in [9.17, 15) is 5.11 Å². The summed E-state index contributed by atoms with van der Waals surface area (Å²) in [4.78, 5) is 4.35. The SMILES string of the molecule is Cc1csc(CC(O)c2ccccc2Br)n1. The van der Waals surface area contributed by atoms with E-state index in [1.165, 1.54) is 0 Å². The van der Waals surface area contributed by atoms with Gasteiger partial charge in [0, 0.05) is 22.0 Å². The Balaban J connectivity index is 2.14. The molecule has 1 heterocycles. The topological polar surface area (TPSA) is 33.1 Å². The molecular weight excluding hydrogens is 286 g/mol. The molecule has 0 amide bonds. The van der Waals surface area contributed by atoms with Gasteiger partial charge in [0.25, 0.3) is 0 Å². The van der Waals surface area contributed by atoms with Crippen molar-refractivity contribution in [2.75, 3.05) is 0 Å². The molecule has 0 saturated heterocycles. The number of rotatable bonds is 3. The van der Waals surface area contributed by atoms with Gasteiger partial charge in [0.15, 0.2) is 0 Å². The Kier molecular flexibility index (Phi) is 3.74. The molecule has 1 atom stereocenters. The zero-order valence-electron chi connectivity index (χ0n) is 8.85. The highest BCUT2D eigenvalue weighted by molar-refractivity contribution is 9.10. The van der Waals surface area contributed by atoms with Crippen LogP contribution in [-0.2, 0) is 6.42 Å². The number of halogens is 1. The third kappa shape index (κ3) is 2.70. The van der Waals surface area contributed by atoms with Crippen molar-refractivity contribution in [1.82, 2.24) is 4.98 Å². The molecule has 0 radical (unpaired) electrons. The predicted octanol–water partition coefficient (Wildman–Crippen LogP) is 3.49. The number of benzene rings is 1. The molecule has 2 rings (SSSR count). The fourth-order valence-electron chi connectivity index (χ4n) is 1.52. The van der Waals surface area contributed by atoms with Gasteiger partial charge in [-0.2, -0.15) is 0 Å². The van der Waals surface area contributed by atoms with Gasteiger partial charge in [-0.3, -0.25) is 0 Å². The van der Waals surface area contributed by atoms with Crippen molar-refractivity contribution in [3.05, 3.63) is 50.4 Å². The van der Waals surface area contributed by atoms with Gasteiger partial charge < -0.3 is 5.11 Å². The maximum atomic E-state index is 10.1. The summed E-state index contributed by atoms with van der Waals surface area (Å²) in [6.45, 7) is 1.96. The van der Waals surface area contributed by atoms with Crippen molar-refractivity contribution in [2.24, 2.45) is 0 Å². The van der Waals surface area contributed by atoms with E-state index in [1.807, 2.05) is 36.6 Å². The van der Waals surface area contributed by atoms with Crippen molar-refractivity contribution < 1.29 is 5.11 Å². The van der Waals surface area contributed by atoms with Gasteiger partial charge in [-0.15, -0.1) is 11.3 Å². The van der Waals surface area contributed by atoms with Crippen LogP contribution >= 0.6 is 27.3 Å². The Morgan fingerprint density at radius 2 is 2.19 bits per heavy atom. The lowest BCUT2D eigenvalue weighted by atomic mass is 10.1. The molecule has 1 aromatic carbocycles. The zero-order valence-corrected chi connectivity index (χ0v) is 11.3. The quantitative estimate of drug-likeness (QED) is 0.941. The first-order valence-corrected chi connectivity index (χ1v) is 6.67. The fraction of sp³-hybridized carbons (Fsp3) is 0.250. The minimum atomic E-state index is -0.499. The summed E-state index contributed by atoms with van der Waals surface area (Å²) in [5.41, 5.74) is 1.93. The van der Waals surface area contributed by atoms with Crippen LogP contribution in [0.2, 0.25) is 0 Å². The van der Waals surface area contributed by atoms with Gasteiger partial charge >= 0.3 is 0 Å². The number of nitrogens with zero attached hydrogens (tertiary/aromatic N) is 1. The van der Waals surface area contributed by atoms with E-state index in [-0.39, 0.29) is 0 Å². The van der Waals surface area contributed by atoms with Gasteiger partial charge in [0.05, 0.1) is 11.1 Å². The van der Waals surface area contributed by atoms with Crippen LogP contribution in [-0.4, -0.2) is 10.1 Å². The standard InChI is InChI=1S/C12H12BrNOS/c1-8-7-16-12(14-8)6-11(15)9-4-2-3-5-10(9)13/h2-5,7,11,15H,6H2,1H3. The Morgan fingerprint density at radius 1 is 1.44 bits per heavy atom. The molecule has 2 nitrogen and oxygen atoms in total. The minimum absolute atomic E-state index is 0.499. The molecule has 1 unspecified atom stereocenters. The molecule has 1 N–H and O–H groups in total. The van der Waals surface area contributed by atoms with E-state index in [1.54, 1.807) is 11.3 Å². The van der Waals surface area contributed by atoms with Crippen LogP contribution < -0.4 is 0 Å². The van der Waals surface area contributed by atoms with Gasteiger partial charge in [0.1, 0.15) is 0 Å². The average Bonchev–Trinajstić information content (AvgIpc) is 2.64. The molecule has 1 aromatic heterocycles. The highest BCUT2D eigenvalue weighted by Gasteiger charge is 2.13. The first kappa shape index (κ1) is 11.8. The van der Waals surface area contributed by atoms with Crippen molar-refractivity contribution >= 4 is 27.3 Å². The van der Waals surface area contributed by atoms with Crippen LogP contribution in [0.4, 0.5) is 0 Å². The molecule has 0 aliphatic heterocycles. The first-order valence-electron chi connectivity index (χ1n) is 5.00. The minimum Gasteiger partial charge on any atom is -0.388 e. The summed E-state index contributed by atoms with van der Waals surface area (Å²) in [5, 5.41) is 13.1. The van der Waals surface area contributed by atoms with Crippen molar-refractivity contribution in [2.45, 2.75) is 19.4 Å². The highest BCUT2D eigenvalue weighted by atomic mass is 79.9. The molecular formula is C12H12BrNOS. The molecule has 0 saturated carbocycles. The normalized spacial score (nSPS) is 12.7. The molecule has 16 heavy (non-hydrogen) atoms. The monoisotopic (exact) mass is 297 g/mol. The lowest BCUT2D eigenvalue weighted by Crippen LogP contribution is -2.02. The second-order valence-corrected chi connectivity index (χ2v) is 5.42. The average molecular weight is 298 g/mol. The number of hydrogen-bond acceptors (Lipinski definition) is 3. The van der Waals surface area contributed by atoms with Crippen LogP contribution in [0.5, 0.6) is 0 Å². The predicted molar refractivity (Wildman–Crippen MR) is 69.7 cm³/mol. The Labute approximate surface area is 107 Å². The van der Waals surface area contributed by atoms with Crippen LogP contribution in [0.3, 0.4) is 0 Å². The molecule has 84 valence electrons. The van der Waals surface area contributed by atoms with Gasteiger partial charge in [0.2, 0.25) is 0 Å². The Hall–Kier alpha value is -0.710. The second-order valence-electron chi connectivity index (χ2n) is 3.62. The molecule has 2 aromatic rings. The Morgan fingerprint density at radius 3 is 2.81 bits per heavy atom. The van der Waals surface area contributed by atoms with E-state index in [4.69, 9.17) is 0 Å².